The highest BCUT2D eigenvalue weighted by atomic mass is 15.2. The Morgan fingerprint density at radius 1 is 1.19 bits per heavy atom. The first-order valence-corrected chi connectivity index (χ1v) is 8.01. The molecule has 21 heavy (non-hydrogen) atoms. The molecule has 0 aliphatic heterocycles. The first-order chi connectivity index (χ1) is 10.2. The highest BCUT2D eigenvalue weighted by molar-refractivity contribution is 5.50. The van der Waals surface area contributed by atoms with E-state index in [-0.39, 0.29) is 0 Å². The summed E-state index contributed by atoms with van der Waals surface area (Å²) in [7, 11) is 2.21. The summed E-state index contributed by atoms with van der Waals surface area (Å²) in [5.74, 6) is 1.89. The molecule has 0 bridgehead atoms. The molecule has 1 fully saturated rings. The van der Waals surface area contributed by atoms with Crippen LogP contribution < -0.4 is 16.4 Å². The number of aromatic nitrogens is 2. The van der Waals surface area contributed by atoms with E-state index in [1.54, 1.807) is 0 Å². The Kier molecular flexibility index (Phi) is 6.04. The van der Waals surface area contributed by atoms with Crippen LogP contribution in [0.4, 0.5) is 17.6 Å². The standard InChI is InChI=1S/C15H28N6/c1-3-8-17-13-11-14(20-15(16)19-13)18-9-10-21(2)12-6-4-5-7-12/h11-12H,3-10H2,1-2H3,(H4,16,17,18,19,20). The molecule has 1 aromatic heterocycles. The summed E-state index contributed by atoms with van der Waals surface area (Å²) in [5, 5.41) is 6.58. The second-order valence-corrected chi connectivity index (χ2v) is 5.77. The molecule has 0 atom stereocenters. The van der Waals surface area contributed by atoms with Crippen LogP contribution in [0.5, 0.6) is 0 Å². The molecule has 2 rings (SSSR count). The predicted octanol–water partition coefficient (Wildman–Crippen LogP) is 2.17. The molecule has 6 heteroatoms. The Hall–Kier alpha value is -1.56. The third-order valence-corrected chi connectivity index (χ3v) is 4.02. The number of likely N-dealkylation sites (N-methyl/N-ethyl adjacent to an activating group) is 1. The SMILES string of the molecule is CCCNc1cc(NCCN(C)C2CCCC2)nc(N)n1. The van der Waals surface area contributed by atoms with E-state index in [1.807, 2.05) is 6.07 Å². The molecule has 0 amide bonds. The number of nitrogens with one attached hydrogen (secondary N) is 2. The first-order valence-electron chi connectivity index (χ1n) is 8.01. The normalized spacial score (nSPS) is 15.6. The number of rotatable bonds is 8. The summed E-state index contributed by atoms with van der Waals surface area (Å²) in [6.45, 7) is 4.90. The lowest BCUT2D eigenvalue weighted by atomic mass is 10.2. The highest BCUT2D eigenvalue weighted by Gasteiger charge is 2.18. The maximum atomic E-state index is 5.75. The van der Waals surface area contributed by atoms with Crippen LogP contribution in [-0.2, 0) is 0 Å². The molecule has 118 valence electrons. The molecular formula is C15H28N6. The largest absolute Gasteiger partial charge is 0.370 e. The van der Waals surface area contributed by atoms with Gasteiger partial charge in [-0.2, -0.15) is 9.97 Å². The van der Waals surface area contributed by atoms with Gasteiger partial charge in [0.05, 0.1) is 0 Å². The Labute approximate surface area is 127 Å². The molecule has 0 aromatic carbocycles. The van der Waals surface area contributed by atoms with Gasteiger partial charge in [0.25, 0.3) is 0 Å². The predicted molar refractivity (Wildman–Crippen MR) is 88.6 cm³/mol. The summed E-state index contributed by atoms with van der Waals surface area (Å²) >= 11 is 0. The number of hydrogen-bond acceptors (Lipinski definition) is 6. The third kappa shape index (κ3) is 5.04. The molecule has 1 aromatic rings. The summed E-state index contributed by atoms with van der Waals surface area (Å²) in [4.78, 5) is 10.9. The Morgan fingerprint density at radius 2 is 1.81 bits per heavy atom. The minimum absolute atomic E-state index is 0.308. The van der Waals surface area contributed by atoms with Crippen LogP contribution in [0.1, 0.15) is 39.0 Å². The quantitative estimate of drug-likeness (QED) is 0.681. The maximum absolute atomic E-state index is 5.75. The van der Waals surface area contributed by atoms with E-state index in [9.17, 15) is 0 Å². The monoisotopic (exact) mass is 292 g/mol. The molecule has 0 saturated heterocycles. The van der Waals surface area contributed by atoms with Gasteiger partial charge in [-0.3, -0.25) is 0 Å². The van der Waals surface area contributed by atoms with E-state index in [0.29, 0.717) is 5.95 Å². The second-order valence-electron chi connectivity index (χ2n) is 5.77. The highest BCUT2D eigenvalue weighted by Crippen LogP contribution is 2.22. The van der Waals surface area contributed by atoms with Crippen molar-refractivity contribution in [1.82, 2.24) is 14.9 Å². The van der Waals surface area contributed by atoms with Crippen molar-refractivity contribution in [2.45, 2.75) is 45.1 Å². The van der Waals surface area contributed by atoms with Crippen molar-refractivity contribution in [3.63, 3.8) is 0 Å². The zero-order valence-electron chi connectivity index (χ0n) is 13.2. The summed E-state index contributed by atoms with van der Waals surface area (Å²) in [5.41, 5.74) is 5.75. The minimum Gasteiger partial charge on any atom is -0.370 e. The minimum atomic E-state index is 0.308. The second kappa shape index (κ2) is 8.02. The first kappa shape index (κ1) is 15.8. The fraction of sp³-hybridized carbons (Fsp3) is 0.733. The lowest BCUT2D eigenvalue weighted by Crippen LogP contribution is -2.33. The van der Waals surface area contributed by atoms with Crippen LogP contribution in [0, 0.1) is 0 Å². The van der Waals surface area contributed by atoms with Gasteiger partial charge in [0.2, 0.25) is 5.95 Å². The zero-order chi connectivity index (χ0) is 15.1. The van der Waals surface area contributed by atoms with Gasteiger partial charge in [0.1, 0.15) is 11.6 Å². The number of nitrogens with two attached hydrogens (primary N) is 1. The van der Waals surface area contributed by atoms with Crippen LogP contribution >= 0.6 is 0 Å². The lowest BCUT2D eigenvalue weighted by Gasteiger charge is -2.24. The van der Waals surface area contributed by atoms with Crippen LogP contribution in [-0.4, -0.2) is 47.6 Å². The van der Waals surface area contributed by atoms with Gasteiger partial charge in [-0.15, -0.1) is 0 Å². The van der Waals surface area contributed by atoms with E-state index in [1.165, 1.54) is 25.7 Å². The number of nitrogens with zero attached hydrogens (tertiary/aromatic N) is 3. The van der Waals surface area contributed by atoms with Gasteiger partial charge in [-0.1, -0.05) is 19.8 Å². The van der Waals surface area contributed by atoms with Crippen molar-refractivity contribution in [1.29, 1.82) is 0 Å². The smallest absolute Gasteiger partial charge is 0.223 e. The summed E-state index contributed by atoms with van der Waals surface area (Å²) < 4.78 is 0. The van der Waals surface area contributed by atoms with Gasteiger partial charge in [-0.05, 0) is 26.3 Å². The molecule has 0 spiro atoms. The van der Waals surface area contributed by atoms with Crippen molar-refractivity contribution in [3.05, 3.63) is 6.07 Å². The van der Waals surface area contributed by atoms with E-state index in [0.717, 1.165) is 43.7 Å². The number of anilines is 3. The molecular weight excluding hydrogens is 264 g/mol. The molecule has 1 heterocycles. The number of hydrogen-bond donors (Lipinski definition) is 3. The van der Waals surface area contributed by atoms with Crippen molar-refractivity contribution in [3.8, 4) is 0 Å². The fourth-order valence-corrected chi connectivity index (χ4v) is 2.79. The third-order valence-electron chi connectivity index (χ3n) is 4.02. The summed E-state index contributed by atoms with van der Waals surface area (Å²) in [6, 6.07) is 2.67. The maximum Gasteiger partial charge on any atom is 0.223 e. The molecule has 4 N–H and O–H groups in total. The average molecular weight is 292 g/mol. The van der Waals surface area contributed by atoms with Crippen LogP contribution in [0.15, 0.2) is 6.07 Å². The molecule has 1 saturated carbocycles. The van der Waals surface area contributed by atoms with Gasteiger partial charge in [0, 0.05) is 31.7 Å². The van der Waals surface area contributed by atoms with Crippen LogP contribution in [0.3, 0.4) is 0 Å². The van der Waals surface area contributed by atoms with Crippen molar-refractivity contribution < 1.29 is 0 Å². The Morgan fingerprint density at radius 3 is 2.43 bits per heavy atom. The fourth-order valence-electron chi connectivity index (χ4n) is 2.79. The average Bonchev–Trinajstić information content (AvgIpc) is 2.99. The van der Waals surface area contributed by atoms with E-state index in [2.05, 4.69) is 39.5 Å². The van der Waals surface area contributed by atoms with Crippen molar-refractivity contribution in [2.75, 3.05) is 43.0 Å². The zero-order valence-corrected chi connectivity index (χ0v) is 13.2. The lowest BCUT2D eigenvalue weighted by molar-refractivity contribution is 0.254. The van der Waals surface area contributed by atoms with Gasteiger partial charge in [-0.25, -0.2) is 0 Å². The molecule has 0 unspecified atom stereocenters. The Balaban J connectivity index is 1.80. The molecule has 6 nitrogen and oxygen atoms in total. The Bertz CT molecular complexity index is 430. The van der Waals surface area contributed by atoms with E-state index >= 15 is 0 Å². The molecule has 1 aliphatic rings. The van der Waals surface area contributed by atoms with E-state index < -0.39 is 0 Å². The van der Waals surface area contributed by atoms with Crippen molar-refractivity contribution in [2.24, 2.45) is 0 Å². The van der Waals surface area contributed by atoms with Crippen LogP contribution in [0.25, 0.3) is 0 Å². The van der Waals surface area contributed by atoms with E-state index in [4.69, 9.17) is 5.73 Å². The van der Waals surface area contributed by atoms with Gasteiger partial charge < -0.3 is 21.3 Å². The van der Waals surface area contributed by atoms with Crippen LogP contribution in [0.2, 0.25) is 0 Å². The van der Waals surface area contributed by atoms with Crippen molar-refractivity contribution >= 4 is 17.6 Å². The summed E-state index contributed by atoms with van der Waals surface area (Å²) in [6.07, 6.45) is 6.47. The molecule has 0 radical (unpaired) electrons. The topological polar surface area (TPSA) is 79.1 Å². The van der Waals surface area contributed by atoms with Gasteiger partial charge in [0.15, 0.2) is 0 Å². The number of nitrogen functional groups attached to an aromatic ring is 1. The molecule has 1 aliphatic carbocycles. The van der Waals surface area contributed by atoms with Gasteiger partial charge >= 0.3 is 0 Å².